The number of nitrogens with zero attached hydrogens (tertiary/aromatic N) is 1. The largest absolute Gasteiger partial charge is 0.465 e. The number of carbonyl (C=O) groups excluding carboxylic acids is 1. The van der Waals surface area contributed by atoms with Crippen molar-refractivity contribution >= 4 is 23.2 Å². The van der Waals surface area contributed by atoms with Crippen LogP contribution in [0.4, 0.5) is 0 Å². The fourth-order valence-corrected chi connectivity index (χ4v) is 2.61. The molecule has 0 saturated carbocycles. The van der Waals surface area contributed by atoms with Crippen molar-refractivity contribution in [1.29, 1.82) is 0 Å². The lowest BCUT2D eigenvalue weighted by atomic mass is 9.97. The number of carbonyl (C=O) groups is 1. The minimum Gasteiger partial charge on any atom is -0.465 e. The Labute approximate surface area is 144 Å². The molecule has 0 amide bonds. The quantitative estimate of drug-likeness (QED) is 0.519. The lowest BCUT2D eigenvalue weighted by Crippen LogP contribution is -2.29. The van der Waals surface area contributed by atoms with Gasteiger partial charge in [0.25, 0.3) is 0 Å². The van der Waals surface area contributed by atoms with Crippen LogP contribution < -0.4 is 5.73 Å². The highest BCUT2D eigenvalue weighted by Gasteiger charge is 2.26. The van der Waals surface area contributed by atoms with Crippen LogP contribution in [-0.4, -0.2) is 22.5 Å². The van der Waals surface area contributed by atoms with Gasteiger partial charge in [0, 0.05) is 6.20 Å². The van der Waals surface area contributed by atoms with Gasteiger partial charge in [-0.05, 0) is 30.4 Å². The van der Waals surface area contributed by atoms with Crippen molar-refractivity contribution in [3.63, 3.8) is 0 Å². The maximum absolute atomic E-state index is 12.2. The van der Waals surface area contributed by atoms with Crippen LogP contribution >= 0.6 is 12.2 Å². The zero-order valence-corrected chi connectivity index (χ0v) is 15.1. The summed E-state index contributed by atoms with van der Waals surface area (Å²) in [6.45, 7) is 7.06. The SMILES string of the molecule is CC(C)CCCC(C)CCOC(=O)C(C(N)=S)c1ccccn1. The summed E-state index contributed by atoms with van der Waals surface area (Å²) in [6, 6.07) is 5.32. The summed E-state index contributed by atoms with van der Waals surface area (Å²) in [4.78, 5) is 16.5. The highest BCUT2D eigenvalue weighted by Crippen LogP contribution is 2.18. The van der Waals surface area contributed by atoms with Crippen LogP contribution in [0, 0.1) is 11.8 Å². The molecule has 4 nitrogen and oxygen atoms in total. The molecule has 1 heterocycles. The molecule has 23 heavy (non-hydrogen) atoms. The normalized spacial score (nSPS) is 13.6. The van der Waals surface area contributed by atoms with Crippen LogP contribution in [0.1, 0.15) is 58.1 Å². The number of aromatic nitrogens is 1. The standard InChI is InChI=1S/C18H28N2O2S/c1-13(2)7-6-8-14(3)10-12-22-18(21)16(17(19)23)15-9-4-5-11-20-15/h4-5,9,11,13-14,16H,6-8,10,12H2,1-3H3,(H2,19,23). The van der Waals surface area contributed by atoms with E-state index in [1.54, 1.807) is 24.4 Å². The molecule has 0 saturated heterocycles. The third kappa shape index (κ3) is 7.55. The molecular weight excluding hydrogens is 308 g/mol. The number of thiocarbonyl (C=S) groups is 1. The van der Waals surface area contributed by atoms with E-state index < -0.39 is 11.9 Å². The average Bonchev–Trinajstić information content (AvgIpc) is 2.47. The fourth-order valence-electron chi connectivity index (χ4n) is 2.39. The second-order valence-corrected chi connectivity index (χ2v) is 6.95. The van der Waals surface area contributed by atoms with Crippen molar-refractivity contribution in [1.82, 2.24) is 4.98 Å². The van der Waals surface area contributed by atoms with Gasteiger partial charge in [0.2, 0.25) is 0 Å². The van der Waals surface area contributed by atoms with E-state index in [9.17, 15) is 4.79 Å². The minimum absolute atomic E-state index is 0.0960. The molecule has 0 aromatic carbocycles. The highest BCUT2D eigenvalue weighted by atomic mass is 32.1. The van der Waals surface area contributed by atoms with Crippen molar-refractivity contribution in [3.05, 3.63) is 30.1 Å². The van der Waals surface area contributed by atoms with E-state index in [0.29, 0.717) is 18.2 Å². The van der Waals surface area contributed by atoms with E-state index in [1.165, 1.54) is 12.8 Å². The van der Waals surface area contributed by atoms with Crippen LogP contribution in [0.15, 0.2) is 24.4 Å². The average molecular weight is 337 g/mol. The van der Waals surface area contributed by atoms with Gasteiger partial charge in [0.1, 0.15) is 5.92 Å². The van der Waals surface area contributed by atoms with E-state index in [1.807, 2.05) is 0 Å². The first-order chi connectivity index (χ1) is 10.9. The third-order valence-corrected chi connectivity index (χ3v) is 4.07. The Kier molecular flexibility index (Phi) is 8.77. The van der Waals surface area contributed by atoms with Crippen LogP contribution in [0.2, 0.25) is 0 Å². The number of pyridine rings is 1. The Balaban J connectivity index is 2.41. The molecule has 0 aliphatic carbocycles. The first-order valence-electron chi connectivity index (χ1n) is 8.28. The second kappa shape index (κ2) is 10.3. The van der Waals surface area contributed by atoms with Crippen molar-refractivity contribution in [2.75, 3.05) is 6.61 Å². The number of hydrogen-bond donors (Lipinski definition) is 1. The van der Waals surface area contributed by atoms with Crippen LogP contribution in [-0.2, 0) is 9.53 Å². The molecule has 2 atom stereocenters. The lowest BCUT2D eigenvalue weighted by Gasteiger charge is -2.16. The Morgan fingerprint density at radius 3 is 2.57 bits per heavy atom. The number of ether oxygens (including phenoxy) is 1. The summed E-state index contributed by atoms with van der Waals surface area (Å²) in [7, 11) is 0. The maximum atomic E-state index is 12.2. The third-order valence-electron chi connectivity index (χ3n) is 3.84. The lowest BCUT2D eigenvalue weighted by molar-refractivity contribution is -0.144. The Bertz CT molecular complexity index is 491. The van der Waals surface area contributed by atoms with Gasteiger partial charge in [0.05, 0.1) is 17.3 Å². The molecule has 0 fully saturated rings. The van der Waals surface area contributed by atoms with Gasteiger partial charge < -0.3 is 10.5 Å². The van der Waals surface area contributed by atoms with Crippen molar-refractivity contribution in [2.24, 2.45) is 17.6 Å². The summed E-state index contributed by atoms with van der Waals surface area (Å²) in [6.07, 6.45) is 6.10. The predicted molar refractivity (Wildman–Crippen MR) is 97.2 cm³/mol. The van der Waals surface area contributed by atoms with Gasteiger partial charge in [-0.25, -0.2) is 0 Å². The number of hydrogen-bond acceptors (Lipinski definition) is 4. The van der Waals surface area contributed by atoms with E-state index in [-0.39, 0.29) is 4.99 Å². The van der Waals surface area contributed by atoms with Gasteiger partial charge in [-0.1, -0.05) is 58.3 Å². The summed E-state index contributed by atoms with van der Waals surface area (Å²) in [5, 5.41) is 0. The molecule has 2 N–H and O–H groups in total. The maximum Gasteiger partial charge on any atom is 0.321 e. The van der Waals surface area contributed by atoms with E-state index in [0.717, 1.165) is 18.8 Å². The summed E-state index contributed by atoms with van der Waals surface area (Å²) in [5.74, 6) is 0.109. The van der Waals surface area contributed by atoms with Crippen molar-refractivity contribution in [2.45, 2.75) is 52.4 Å². The predicted octanol–water partition coefficient (Wildman–Crippen LogP) is 3.85. The number of nitrogens with two attached hydrogens (primary N) is 1. The fraction of sp³-hybridized carbons (Fsp3) is 0.611. The molecule has 0 spiro atoms. The molecule has 0 bridgehead atoms. The molecule has 0 radical (unpaired) electrons. The monoisotopic (exact) mass is 336 g/mol. The summed E-state index contributed by atoms with van der Waals surface area (Å²) < 4.78 is 5.37. The molecule has 5 heteroatoms. The van der Waals surface area contributed by atoms with Crippen molar-refractivity contribution in [3.8, 4) is 0 Å². The Hall–Kier alpha value is -1.49. The molecule has 0 aliphatic heterocycles. The molecule has 1 aromatic rings. The van der Waals surface area contributed by atoms with E-state index in [2.05, 4.69) is 25.8 Å². The Morgan fingerprint density at radius 2 is 2.00 bits per heavy atom. The zero-order valence-electron chi connectivity index (χ0n) is 14.3. The molecule has 1 aromatic heterocycles. The van der Waals surface area contributed by atoms with Crippen LogP contribution in [0.3, 0.4) is 0 Å². The Morgan fingerprint density at radius 1 is 1.26 bits per heavy atom. The van der Waals surface area contributed by atoms with E-state index in [4.69, 9.17) is 22.7 Å². The van der Waals surface area contributed by atoms with Crippen molar-refractivity contribution < 1.29 is 9.53 Å². The first-order valence-corrected chi connectivity index (χ1v) is 8.69. The smallest absolute Gasteiger partial charge is 0.321 e. The first kappa shape index (κ1) is 19.6. The molecule has 128 valence electrons. The van der Waals surface area contributed by atoms with Gasteiger partial charge in [0.15, 0.2) is 0 Å². The number of rotatable bonds is 10. The molecule has 2 unspecified atom stereocenters. The molecule has 0 aliphatic rings. The highest BCUT2D eigenvalue weighted by molar-refractivity contribution is 7.80. The summed E-state index contributed by atoms with van der Waals surface area (Å²) >= 11 is 5.00. The van der Waals surface area contributed by atoms with Gasteiger partial charge in [-0.2, -0.15) is 0 Å². The zero-order chi connectivity index (χ0) is 17.2. The van der Waals surface area contributed by atoms with Crippen LogP contribution in [0.5, 0.6) is 0 Å². The van der Waals surface area contributed by atoms with Gasteiger partial charge >= 0.3 is 5.97 Å². The molecule has 1 rings (SSSR count). The minimum atomic E-state index is -0.762. The molecular formula is C18H28N2O2S. The van der Waals surface area contributed by atoms with Gasteiger partial charge in [-0.3, -0.25) is 9.78 Å². The number of esters is 1. The topological polar surface area (TPSA) is 65.2 Å². The second-order valence-electron chi connectivity index (χ2n) is 6.48. The van der Waals surface area contributed by atoms with E-state index >= 15 is 0 Å². The van der Waals surface area contributed by atoms with Gasteiger partial charge in [-0.15, -0.1) is 0 Å². The summed E-state index contributed by atoms with van der Waals surface area (Å²) in [5.41, 5.74) is 6.22. The van der Waals surface area contributed by atoms with Crippen LogP contribution in [0.25, 0.3) is 0 Å².